The molecule has 1 saturated heterocycles. The Labute approximate surface area is 97.5 Å². The molecule has 1 amide bonds. The first-order valence-corrected chi connectivity index (χ1v) is 5.88. The number of nitrogens with zero attached hydrogens (tertiary/aromatic N) is 1. The lowest BCUT2D eigenvalue weighted by Crippen LogP contribution is -2.42. The third-order valence-corrected chi connectivity index (χ3v) is 2.25. The summed E-state index contributed by atoms with van der Waals surface area (Å²) in [6.07, 6.45) is -0.224. The molecule has 0 saturated carbocycles. The van der Waals surface area contributed by atoms with Gasteiger partial charge in [0.15, 0.2) is 0 Å². The van der Waals surface area contributed by atoms with Gasteiger partial charge < -0.3 is 20.3 Å². The van der Waals surface area contributed by atoms with E-state index in [1.54, 1.807) is 4.90 Å². The molecule has 5 heteroatoms. The number of hydrogen-bond donors (Lipinski definition) is 2. The van der Waals surface area contributed by atoms with E-state index in [4.69, 9.17) is 4.74 Å². The van der Waals surface area contributed by atoms with Crippen molar-refractivity contribution in [3.05, 3.63) is 0 Å². The zero-order valence-corrected chi connectivity index (χ0v) is 10.5. The van der Waals surface area contributed by atoms with Gasteiger partial charge in [0.25, 0.3) is 0 Å². The minimum Gasteiger partial charge on any atom is -0.444 e. The Bertz CT molecular complexity index is 216. The van der Waals surface area contributed by atoms with Crippen LogP contribution in [0.3, 0.4) is 0 Å². The molecule has 1 rings (SSSR count). The first kappa shape index (κ1) is 13.3. The van der Waals surface area contributed by atoms with Crippen LogP contribution in [0.4, 0.5) is 4.79 Å². The first-order chi connectivity index (χ1) is 7.49. The summed E-state index contributed by atoms with van der Waals surface area (Å²) in [5, 5.41) is 6.53. The molecule has 5 nitrogen and oxygen atoms in total. The summed E-state index contributed by atoms with van der Waals surface area (Å²) >= 11 is 0. The molecule has 1 fully saturated rings. The van der Waals surface area contributed by atoms with Crippen molar-refractivity contribution >= 4 is 6.09 Å². The summed E-state index contributed by atoms with van der Waals surface area (Å²) < 4.78 is 5.35. The first-order valence-electron chi connectivity index (χ1n) is 5.88. The van der Waals surface area contributed by atoms with Crippen LogP contribution in [-0.2, 0) is 4.74 Å². The Morgan fingerprint density at radius 2 is 1.56 bits per heavy atom. The van der Waals surface area contributed by atoms with Crippen LogP contribution in [0.1, 0.15) is 20.8 Å². The fourth-order valence-corrected chi connectivity index (χ4v) is 1.48. The van der Waals surface area contributed by atoms with E-state index in [9.17, 15) is 4.79 Å². The Morgan fingerprint density at radius 3 is 2.00 bits per heavy atom. The Morgan fingerprint density at radius 1 is 1.06 bits per heavy atom. The lowest BCUT2D eigenvalue weighted by molar-refractivity contribution is 0.0257. The largest absolute Gasteiger partial charge is 0.444 e. The number of hydrogen-bond acceptors (Lipinski definition) is 4. The van der Waals surface area contributed by atoms with Crippen LogP contribution in [0.2, 0.25) is 0 Å². The van der Waals surface area contributed by atoms with E-state index in [1.807, 2.05) is 20.8 Å². The predicted molar refractivity (Wildman–Crippen MR) is 63.5 cm³/mol. The summed E-state index contributed by atoms with van der Waals surface area (Å²) in [5.41, 5.74) is -0.420. The highest BCUT2D eigenvalue weighted by Crippen LogP contribution is 2.09. The van der Waals surface area contributed by atoms with Gasteiger partial charge in [-0.2, -0.15) is 0 Å². The second-order valence-corrected chi connectivity index (χ2v) is 4.97. The van der Waals surface area contributed by atoms with E-state index in [-0.39, 0.29) is 6.09 Å². The average molecular weight is 229 g/mol. The van der Waals surface area contributed by atoms with Gasteiger partial charge in [-0.1, -0.05) is 0 Å². The van der Waals surface area contributed by atoms with Crippen molar-refractivity contribution in [1.29, 1.82) is 0 Å². The zero-order valence-electron chi connectivity index (χ0n) is 10.5. The van der Waals surface area contributed by atoms with Crippen molar-refractivity contribution in [2.45, 2.75) is 26.4 Å². The molecule has 0 aromatic heterocycles. The number of nitrogens with one attached hydrogen (secondary N) is 2. The van der Waals surface area contributed by atoms with Gasteiger partial charge in [-0.05, 0) is 20.8 Å². The summed E-state index contributed by atoms with van der Waals surface area (Å²) in [6.45, 7) is 10.6. The third-order valence-electron chi connectivity index (χ3n) is 2.25. The second kappa shape index (κ2) is 6.06. The SMILES string of the molecule is CC(C)(C)OC(=O)N1CCNCCNCC1. The molecule has 0 aliphatic carbocycles. The maximum absolute atomic E-state index is 11.8. The lowest BCUT2D eigenvalue weighted by atomic mass is 10.2. The van der Waals surface area contributed by atoms with Crippen LogP contribution in [-0.4, -0.2) is 55.9 Å². The van der Waals surface area contributed by atoms with Crippen molar-refractivity contribution < 1.29 is 9.53 Å². The van der Waals surface area contributed by atoms with Crippen LogP contribution in [0.25, 0.3) is 0 Å². The van der Waals surface area contributed by atoms with E-state index in [2.05, 4.69) is 10.6 Å². The molecule has 1 aliphatic rings. The van der Waals surface area contributed by atoms with Crippen molar-refractivity contribution in [1.82, 2.24) is 15.5 Å². The van der Waals surface area contributed by atoms with Crippen molar-refractivity contribution in [3.8, 4) is 0 Å². The maximum Gasteiger partial charge on any atom is 0.410 e. The highest BCUT2D eigenvalue weighted by atomic mass is 16.6. The molecular weight excluding hydrogens is 206 g/mol. The van der Waals surface area contributed by atoms with Crippen molar-refractivity contribution in [3.63, 3.8) is 0 Å². The Hall–Kier alpha value is -0.810. The second-order valence-electron chi connectivity index (χ2n) is 4.97. The van der Waals surface area contributed by atoms with E-state index >= 15 is 0 Å². The van der Waals surface area contributed by atoms with Gasteiger partial charge in [0.05, 0.1) is 0 Å². The molecular formula is C11H23N3O2. The normalized spacial score (nSPS) is 19.6. The van der Waals surface area contributed by atoms with Crippen LogP contribution >= 0.6 is 0 Å². The monoisotopic (exact) mass is 229 g/mol. The van der Waals surface area contributed by atoms with Gasteiger partial charge in [-0.25, -0.2) is 4.79 Å². The number of carbonyl (C=O) groups is 1. The lowest BCUT2D eigenvalue weighted by Gasteiger charge is -2.27. The molecule has 0 spiro atoms. The molecule has 1 aliphatic heterocycles. The molecule has 0 aromatic rings. The molecule has 2 N–H and O–H groups in total. The fraction of sp³-hybridized carbons (Fsp3) is 0.909. The standard InChI is InChI=1S/C11H23N3O2/c1-11(2,3)16-10(15)14-8-6-12-4-5-13-7-9-14/h12-13H,4-9H2,1-3H3. The van der Waals surface area contributed by atoms with Crippen LogP contribution < -0.4 is 10.6 Å². The van der Waals surface area contributed by atoms with Gasteiger partial charge >= 0.3 is 6.09 Å². The molecule has 0 radical (unpaired) electrons. The number of carbonyl (C=O) groups excluding carboxylic acids is 1. The summed E-state index contributed by atoms with van der Waals surface area (Å²) in [5.74, 6) is 0. The molecule has 0 aromatic carbocycles. The molecule has 0 unspecified atom stereocenters. The van der Waals surface area contributed by atoms with Gasteiger partial charge in [-0.3, -0.25) is 0 Å². The summed E-state index contributed by atoms with van der Waals surface area (Å²) in [6, 6.07) is 0. The molecule has 1 heterocycles. The number of amides is 1. The molecule has 16 heavy (non-hydrogen) atoms. The van der Waals surface area contributed by atoms with Gasteiger partial charge in [0.1, 0.15) is 5.60 Å². The number of ether oxygens (including phenoxy) is 1. The predicted octanol–water partition coefficient (Wildman–Crippen LogP) is 0.416. The van der Waals surface area contributed by atoms with E-state index in [0.717, 1.165) is 26.2 Å². The molecule has 0 bridgehead atoms. The summed E-state index contributed by atoms with van der Waals surface area (Å²) in [7, 11) is 0. The molecule has 94 valence electrons. The van der Waals surface area contributed by atoms with Crippen LogP contribution in [0.5, 0.6) is 0 Å². The average Bonchev–Trinajstić information content (AvgIpc) is 2.27. The van der Waals surface area contributed by atoms with Crippen molar-refractivity contribution in [2.75, 3.05) is 39.3 Å². The third kappa shape index (κ3) is 5.32. The molecule has 0 atom stereocenters. The summed E-state index contributed by atoms with van der Waals surface area (Å²) in [4.78, 5) is 13.6. The van der Waals surface area contributed by atoms with Gasteiger partial charge in [0, 0.05) is 39.3 Å². The number of rotatable bonds is 0. The highest BCUT2D eigenvalue weighted by molar-refractivity contribution is 5.68. The van der Waals surface area contributed by atoms with E-state index < -0.39 is 5.60 Å². The Balaban J connectivity index is 2.44. The maximum atomic E-state index is 11.8. The van der Waals surface area contributed by atoms with Crippen LogP contribution in [0.15, 0.2) is 0 Å². The zero-order chi connectivity index (χ0) is 12.0. The minimum atomic E-state index is -0.420. The van der Waals surface area contributed by atoms with Crippen molar-refractivity contribution in [2.24, 2.45) is 0 Å². The van der Waals surface area contributed by atoms with Gasteiger partial charge in [-0.15, -0.1) is 0 Å². The van der Waals surface area contributed by atoms with E-state index in [1.165, 1.54) is 0 Å². The topological polar surface area (TPSA) is 53.6 Å². The smallest absolute Gasteiger partial charge is 0.410 e. The highest BCUT2D eigenvalue weighted by Gasteiger charge is 2.21. The van der Waals surface area contributed by atoms with Gasteiger partial charge in [0.2, 0.25) is 0 Å². The minimum absolute atomic E-state index is 0.224. The van der Waals surface area contributed by atoms with E-state index in [0.29, 0.717) is 13.1 Å². The fourth-order valence-electron chi connectivity index (χ4n) is 1.48. The Kier molecular flexibility index (Phi) is 5.02. The van der Waals surface area contributed by atoms with Crippen LogP contribution in [0, 0.1) is 0 Å². The quantitative estimate of drug-likeness (QED) is 0.632.